The Balaban J connectivity index is 1.24. The zero-order chi connectivity index (χ0) is 32.3. The smallest absolute Gasteiger partial charge is 0.210 e. The molecule has 3 nitrogen and oxygen atoms in total. The van der Waals surface area contributed by atoms with E-state index in [0.29, 0.717) is 6.42 Å². The van der Waals surface area contributed by atoms with Crippen molar-refractivity contribution in [2.24, 2.45) is 0 Å². The number of fused-ring (bicyclic) bond motifs is 6. The van der Waals surface area contributed by atoms with Crippen LogP contribution in [0.3, 0.4) is 0 Å². The topological polar surface area (TPSA) is 23.3 Å². The van der Waals surface area contributed by atoms with Crippen LogP contribution in [-0.4, -0.2) is 29.7 Å². The molecule has 234 valence electrons. The molecule has 4 aromatic carbocycles. The molecule has 2 heterocycles. The maximum absolute atomic E-state index is 10.8. The number of allylic oxidation sites excluding steroid dienone is 8. The van der Waals surface area contributed by atoms with E-state index >= 15 is 0 Å². The van der Waals surface area contributed by atoms with Crippen molar-refractivity contribution in [1.82, 2.24) is 0 Å². The van der Waals surface area contributed by atoms with Crippen molar-refractivity contribution in [1.29, 1.82) is 0 Å². The lowest BCUT2D eigenvalue weighted by atomic mass is 9.79. The SMILES string of the molecule is CCN1\C(=C/C=C/C=C/C=C/C2=[N+](CCCCCC=O)c3ccc4ccccc4c3C2(C)C)C(C)(C)c2c1ccc1ccccc21. The van der Waals surface area contributed by atoms with Crippen LogP contribution in [0.25, 0.3) is 21.5 Å². The Bertz CT molecular complexity index is 1930. The van der Waals surface area contributed by atoms with Gasteiger partial charge >= 0.3 is 0 Å². The Morgan fingerprint density at radius 1 is 0.696 bits per heavy atom. The van der Waals surface area contributed by atoms with Gasteiger partial charge in [-0.3, -0.25) is 0 Å². The fourth-order valence-corrected chi connectivity index (χ4v) is 7.81. The fraction of sp³-hybridized carbons (Fsp3) is 0.302. The van der Waals surface area contributed by atoms with E-state index in [1.807, 2.05) is 0 Å². The second-order valence-electron chi connectivity index (χ2n) is 13.6. The highest BCUT2D eigenvalue weighted by Gasteiger charge is 2.45. The Kier molecular flexibility index (Phi) is 8.95. The Hall–Kier alpha value is -4.50. The highest BCUT2D eigenvalue weighted by molar-refractivity contribution is 6.07. The first-order chi connectivity index (χ1) is 22.3. The average Bonchev–Trinajstić information content (AvgIpc) is 3.42. The van der Waals surface area contributed by atoms with E-state index < -0.39 is 0 Å². The molecule has 0 N–H and O–H groups in total. The normalized spacial score (nSPS) is 17.8. The van der Waals surface area contributed by atoms with Gasteiger partial charge in [0.1, 0.15) is 12.8 Å². The van der Waals surface area contributed by atoms with Gasteiger partial charge in [-0.25, -0.2) is 0 Å². The summed E-state index contributed by atoms with van der Waals surface area (Å²) in [4.78, 5) is 13.3. The van der Waals surface area contributed by atoms with Crippen LogP contribution in [0.15, 0.2) is 121 Å². The number of rotatable bonds is 11. The predicted octanol–water partition coefficient (Wildman–Crippen LogP) is 10.5. The Morgan fingerprint density at radius 2 is 1.35 bits per heavy atom. The standard InChI is InChI=1S/C43H47N2O/c1-6-44-36-28-26-32-20-14-16-22-34(32)40(36)42(2,3)38(44)24-12-8-7-9-13-25-39-43(4,5)41-35-23-17-15-21-33(35)27-29-37(41)45(39)30-18-10-11-19-31-46/h7-9,12-17,20-29,31H,6,10-11,18-19,30H2,1-5H3/q+1. The maximum atomic E-state index is 10.8. The summed E-state index contributed by atoms with van der Waals surface area (Å²) in [6.45, 7) is 13.5. The molecule has 0 bridgehead atoms. The molecule has 0 unspecified atom stereocenters. The molecule has 0 saturated carbocycles. The summed E-state index contributed by atoms with van der Waals surface area (Å²) in [5.74, 6) is 0. The zero-order valence-electron chi connectivity index (χ0n) is 28.1. The Labute approximate surface area is 275 Å². The number of unbranched alkanes of at least 4 members (excludes halogenated alkanes) is 3. The lowest BCUT2D eigenvalue weighted by molar-refractivity contribution is -0.438. The van der Waals surface area contributed by atoms with Crippen LogP contribution >= 0.6 is 0 Å². The van der Waals surface area contributed by atoms with Gasteiger partial charge in [-0.2, -0.15) is 4.58 Å². The van der Waals surface area contributed by atoms with Crippen molar-refractivity contribution >= 4 is 44.9 Å². The number of benzene rings is 4. The molecule has 0 fully saturated rings. The first-order valence-electron chi connectivity index (χ1n) is 16.9. The van der Waals surface area contributed by atoms with Gasteiger partial charge in [-0.15, -0.1) is 0 Å². The molecule has 0 amide bonds. The lowest BCUT2D eigenvalue weighted by Gasteiger charge is -2.26. The van der Waals surface area contributed by atoms with E-state index in [1.54, 1.807) is 0 Å². The lowest BCUT2D eigenvalue weighted by Crippen LogP contribution is -2.28. The number of likely N-dealkylation sites (N-methyl/N-ethyl adjacent to an activating group) is 1. The summed E-state index contributed by atoms with van der Waals surface area (Å²) in [6.07, 6.45) is 20.1. The van der Waals surface area contributed by atoms with Crippen molar-refractivity contribution in [3.8, 4) is 0 Å². The van der Waals surface area contributed by atoms with Crippen molar-refractivity contribution in [2.75, 3.05) is 18.0 Å². The van der Waals surface area contributed by atoms with Crippen LogP contribution in [-0.2, 0) is 15.6 Å². The number of anilines is 1. The highest BCUT2D eigenvalue weighted by Crippen LogP contribution is 2.50. The number of carbonyl (C=O) groups excluding carboxylic acids is 1. The number of hydrogen-bond acceptors (Lipinski definition) is 2. The molecule has 4 aromatic rings. The van der Waals surface area contributed by atoms with Crippen LogP contribution in [0.1, 0.15) is 71.4 Å². The van der Waals surface area contributed by atoms with Gasteiger partial charge in [0.05, 0.1) is 5.41 Å². The van der Waals surface area contributed by atoms with Crippen molar-refractivity contribution in [3.63, 3.8) is 0 Å². The average molecular weight is 608 g/mol. The summed E-state index contributed by atoms with van der Waals surface area (Å²) in [7, 11) is 0. The van der Waals surface area contributed by atoms with Crippen LogP contribution in [0, 0.1) is 0 Å². The van der Waals surface area contributed by atoms with Gasteiger partial charge in [-0.05, 0) is 78.9 Å². The molecule has 0 saturated heterocycles. The second kappa shape index (κ2) is 13.1. The van der Waals surface area contributed by atoms with Gasteiger partial charge in [0.25, 0.3) is 0 Å². The fourth-order valence-electron chi connectivity index (χ4n) is 7.81. The minimum Gasteiger partial charge on any atom is -0.344 e. The van der Waals surface area contributed by atoms with Crippen LogP contribution in [0.4, 0.5) is 11.4 Å². The van der Waals surface area contributed by atoms with Gasteiger partial charge in [0.2, 0.25) is 5.69 Å². The maximum Gasteiger partial charge on any atom is 0.210 e. The van der Waals surface area contributed by atoms with E-state index in [0.717, 1.165) is 38.6 Å². The predicted molar refractivity (Wildman–Crippen MR) is 197 cm³/mol. The molecular weight excluding hydrogens is 560 g/mol. The molecule has 0 spiro atoms. The third-order valence-electron chi connectivity index (χ3n) is 9.98. The van der Waals surface area contributed by atoms with Crippen LogP contribution in [0.5, 0.6) is 0 Å². The van der Waals surface area contributed by atoms with E-state index in [4.69, 9.17) is 0 Å². The molecule has 3 heteroatoms. The van der Waals surface area contributed by atoms with Crippen molar-refractivity contribution in [3.05, 3.63) is 132 Å². The minimum absolute atomic E-state index is 0.0826. The second-order valence-corrected chi connectivity index (χ2v) is 13.6. The van der Waals surface area contributed by atoms with E-state index in [-0.39, 0.29) is 10.8 Å². The number of nitrogens with zero attached hydrogens (tertiary/aromatic N) is 2. The van der Waals surface area contributed by atoms with Crippen molar-refractivity contribution < 1.29 is 9.37 Å². The van der Waals surface area contributed by atoms with Gasteiger partial charge in [-0.1, -0.05) is 98.8 Å². The van der Waals surface area contributed by atoms with Gasteiger partial charge in [0.15, 0.2) is 5.71 Å². The molecular formula is C43H47N2O+. The number of carbonyl (C=O) groups is 1. The summed E-state index contributed by atoms with van der Waals surface area (Å²) >= 11 is 0. The third-order valence-corrected chi connectivity index (χ3v) is 9.98. The minimum atomic E-state index is -0.125. The number of hydrogen-bond donors (Lipinski definition) is 0. The quantitative estimate of drug-likeness (QED) is 0.0733. The first kappa shape index (κ1) is 31.5. The van der Waals surface area contributed by atoms with Gasteiger partial charge in [0, 0.05) is 53.9 Å². The molecule has 0 atom stereocenters. The molecule has 6 rings (SSSR count). The summed E-state index contributed by atoms with van der Waals surface area (Å²) in [5.41, 5.74) is 7.90. The summed E-state index contributed by atoms with van der Waals surface area (Å²) in [5, 5.41) is 5.26. The molecule has 0 radical (unpaired) electrons. The number of aldehydes is 1. The van der Waals surface area contributed by atoms with E-state index in [1.165, 1.54) is 55.5 Å². The Morgan fingerprint density at radius 3 is 2.07 bits per heavy atom. The molecule has 2 aliphatic heterocycles. The highest BCUT2D eigenvalue weighted by atomic mass is 16.1. The molecule has 2 aliphatic rings. The molecule has 0 aromatic heterocycles. The molecule has 0 aliphatic carbocycles. The van der Waals surface area contributed by atoms with Crippen LogP contribution in [0.2, 0.25) is 0 Å². The van der Waals surface area contributed by atoms with E-state index in [2.05, 4.69) is 159 Å². The zero-order valence-corrected chi connectivity index (χ0v) is 28.1. The van der Waals surface area contributed by atoms with Gasteiger partial charge < -0.3 is 9.69 Å². The largest absolute Gasteiger partial charge is 0.344 e. The third kappa shape index (κ3) is 5.57. The molecule has 46 heavy (non-hydrogen) atoms. The summed E-state index contributed by atoms with van der Waals surface area (Å²) in [6, 6.07) is 26.6. The first-order valence-corrected chi connectivity index (χ1v) is 16.9. The van der Waals surface area contributed by atoms with Crippen LogP contribution < -0.4 is 4.90 Å². The summed E-state index contributed by atoms with van der Waals surface area (Å²) < 4.78 is 2.51. The van der Waals surface area contributed by atoms with E-state index in [9.17, 15) is 4.79 Å². The monoisotopic (exact) mass is 607 g/mol. The van der Waals surface area contributed by atoms with Crippen molar-refractivity contribution in [2.45, 2.75) is 71.1 Å².